The number of unbranched alkanes of at least 4 members (excludes halogenated alkanes) is 2. The summed E-state index contributed by atoms with van der Waals surface area (Å²) in [5.74, 6) is 0. The van der Waals surface area contributed by atoms with E-state index < -0.39 is 0 Å². The Hall–Kier alpha value is -2.02. The summed E-state index contributed by atoms with van der Waals surface area (Å²) in [6.07, 6.45) is 12.0. The predicted octanol–water partition coefficient (Wildman–Crippen LogP) is 8.96. The smallest absolute Gasteiger partial charge is 0.0632 e. The molecule has 0 saturated carbocycles. The summed E-state index contributed by atoms with van der Waals surface area (Å²) in [5, 5.41) is 2.87. The van der Waals surface area contributed by atoms with Crippen molar-refractivity contribution in [3.8, 4) is 0 Å². The molecule has 1 atom stereocenters. The van der Waals surface area contributed by atoms with Crippen LogP contribution in [0.5, 0.6) is 0 Å². The molecule has 0 fully saturated rings. The number of fused-ring (bicyclic) bond motifs is 3. The molecule has 30 heavy (non-hydrogen) atoms. The monoisotopic (exact) mass is 403 g/mol. The van der Waals surface area contributed by atoms with Crippen LogP contribution in [0.15, 0.2) is 48.0 Å². The van der Waals surface area contributed by atoms with E-state index in [4.69, 9.17) is 0 Å². The molecule has 0 spiro atoms. The third kappa shape index (κ3) is 4.22. The summed E-state index contributed by atoms with van der Waals surface area (Å²) >= 11 is 0. The van der Waals surface area contributed by atoms with Crippen molar-refractivity contribution in [2.24, 2.45) is 0 Å². The van der Waals surface area contributed by atoms with Crippen molar-refractivity contribution < 1.29 is 0 Å². The van der Waals surface area contributed by atoms with E-state index in [0.29, 0.717) is 0 Å². The molecule has 0 aliphatic carbocycles. The minimum absolute atomic E-state index is 0.000625. The summed E-state index contributed by atoms with van der Waals surface area (Å²) in [4.78, 5) is 0. The second kappa shape index (κ2) is 9.86. The van der Waals surface area contributed by atoms with Gasteiger partial charge in [0.1, 0.15) is 0 Å². The SMILES string of the molecule is C/C=C(/C)C(C)(CCC)n1c2ccc(CCCC)cc2c2cc(CCCC)ccc21. The molecule has 0 aliphatic rings. The van der Waals surface area contributed by atoms with Crippen LogP contribution in [0.2, 0.25) is 0 Å². The molecule has 3 rings (SSSR count). The fourth-order valence-corrected chi connectivity index (χ4v) is 5.01. The Kier molecular flexibility index (Phi) is 7.45. The number of rotatable bonds is 10. The van der Waals surface area contributed by atoms with Gasteiger partial charge in [0.15, 0.2) is 0 Å². The summed E-state index contributed by atoms with van der Waals surface area (Å²) in [7, 11) is 0. The van der Waals surface area contributed by atoms with Gasteiger partial charge in [0.2, 0.25) is 0 Å². The second-order valence-corrected chi connectivity index (χ2v) is 9.24. The fourth-order valence-electron chi connectivity index (χ4n) is 5.01. The van der Waals surface area contributed by atoms with Crippen molar-refractivity contribution in [2.75, 3.05) is 0 Å². The van der Waals surface area contributed by atoms with Crippen LogP contribution in [0.1, 0.15) is 91.2 Å². The number of hydrogen-bond acceptors (Lipinski definition) is 0. The van der Waals surface area contributed by atoms with Gasteiger partial charge in [0.25, 0.3) is 0 Å². The molecule has 0 amide bonds. The Labute approximate surface area is 184 Å². The first-order chi connectivity index (χ1) is 14.5. The van der Waals surface area contributed by atoms with Crippen molar-refractivity contribution in [2.45, 2.75) is 98.4 Å². The van der Waals surface area contributed by atoms with Crippen LogP contribution in [0.3, 0.4) is 0 Å². The van der Waals surface area contributed by atoms with E-state index in [9.17, 15) is 0 Å². The van der Waals surface area contributed by atoms with E-state index in [1.54, 1.807) is 0 Å². The summed E-state index contributed by atoms with van der Waals surface area (Å²) in [6, 6.07) is 14.5. The van der Waals surface area contributed by atoms with Gasteiger partial charge in [-0.3, -0.25) is 0 Å². The number of nitrogens with zero attached hydrogens (tertiary/aromatic N) is 1. The zero-order valence-corrected chi connectivity index (χ0v) is 20.1. The van der Waals surface area contributed by atoms with Crippen molar-refractivity contribution >= 4 is 21.8 Å². The van der Waals surface area contributed by atoms with E-state index >= 15 is 0 Å². The minimum atomic E-state index is -0.000625. The van der Waals surface area contributed by atoms with Gasteiger partial charge >= 0.3 is 0 Å². The topological polar surface area (TPSA) is 4.93 Å². The van der Waals surface area contributed by atoms with Gasteiger partial charge in [-0.05, 0) is 88.3 Å². The lowest BCUT2D eigenvalue weighted by Crippen LogP contribution is -2.31. The van der Waals surface area contributed by atoms with Gasteiger partial charge in [-0.15, -0.1) is 0 Å². The van der Waals surface area contributed by atoms with Crippen LogP contribution in [0, 0.1) is 0 Å². The molecule has 1 aromatic heterocycles. The Bertz CT molecular complexity index is 954. The largest absolute Gasteiger partial charge is 0.331 e. The maximum atomic E-state index is 2.64. The molecule has 1 heteroatoms. The average molecular weight is 404 g/mol. The normalized spacial score (nSPS) is 14.5. The van der Waals surface area contributed by atoms with Gasteiger partial charge in [0, 0.05) is 21.8 Å². The van der Waals surface area contributed by atoms with Crippen LogP contribution >= 0.6 is 0 Å². The molecule has 1 unspecified atom stereocenters. The molecule has 3 aromatic rings. The Morgan fingerprint density at radius 1 is 0.833 bits per heavy atom. The number of aromatic nitrogens is 1. The highest BCUT2D eigenvalue weighted by molar-refractivity contribution is 6.09. The maximum Gasteiger partial charge on any atom is 0.0632 e. The van der Waals surface area contributed by atoms with Crippen molar-refractivity contribution in [1.29, 1.82) is 0 Å². The molecule has 1 nitrogen and oxygen atoms in total. The average Bonchev–Trinajstić information content (AvgIpc) is 3.09. The zero-order valence-electron chi connectivity index (χ0n) is 20.1. The first-order valence-electron chi connectivity index (χ1n) is 12.2. The second-order valence-electron chi connectivity index (χ2n) is 9.24. The van der Waals surface area contributed by atoms with Gasteiger partial charge < -0.3 is 4.57 Å². The molecule has 0 saturated heterocycles. The predicted molar refractivity (Wildman–Crippen MR) is 135 cm³/mol. The van der Waals surface area contributed by atoms with E-state index in [1.807, 2.05) is 0 Å². The Balaban J connectivity index is 2.31. The lowest BCUT2D eigenvalue weighted by atomic mass is 9.87. The number of hydrogen-bond donors (Lipinski definition) is 0. The van der Waals surface area contributed by atoms with Gasteiger partial charge in [-0.1, -0.05) is 63.8 Å². The summed E-state index contributed by atoms with van der Waals surface area (Å²) in [5.41, 5.74) is 7.17. The highest BCUT2D eigenvalue weighted by atomic mass is 15.1. The van der Waals surface area contributed by atoms with Crippen LogP contribution < -0.4 is 0 Å². The van der Waals surface area contributed by atoms with E-state index in [2.05, 4.69) is 88.6 Å². The highest BCUT2D eigenvalue weighted by Crippen LogP contribution is 2.41. The fraction of sp³-hybridized carbons (Fsp3) is 0.517. The van der Waals surface area contributed by atoms with E-state index in [0.717, 1.165) is 6.42 Å². The molecule has 0 radical (unpaired) electrons. The molecule has 0 aliphatic heterocycles. The lowest BCUT2D eigenvalue weighted by molar-refractivity contribution is 0.370. The summed E-state index contributed by atoms with van der Waals surface area (Å²) in [6.45, 7) is 13.8. The third-order valence-corrected chi connectivity index (χ3v) is 7.04. The molecular weight excluding hydrogens is 362 g/mol. The van der Waals surface area contributed by atoms with Crippen molar-refractivity contribution in [3.05, 3.63) is 59.2 Å². The Morgan fingerprint density at radius 3 is 1.73 bits per heavy atom. The standard InChI is InChI=1S/C29H41N/c1-7-11-13-23-15-17-27-25(20-23)26-21-24(14-12-8-2)16-18-28(26)30(27)29(6,19-9-3)22(5)10-4/h10,15-18,20-21H,7-9,11-14,19H2,1-6H3/b22-10-. The van der Waals surface area contributed by atoms with Crippen LogP contribution in [0.25, 0.3) is 21.8 Å². The molecule has 0 bridgehead atoms. The number of benzene rings is 2. The van der Waals surface area contributed by atoms with Crippen LogP contribution in [0.4, 0.5) is 0 Å². The quantitative estimate of drug-likeness (QED) is 0.298. The molecule has 162 valence electrons. The number of allylic oxidation sites excluding steroid dienone is 2. The highest BCUT2D eigenvalue weighted by Gasteiger charge is 2.30. The Morgan fingerprint density at radius 2 is 1.33 bits per heavy atom. The lowest BCUT2D eigenvalue weighted by Gasteiger charge is -2.35. The van der Waals surface area contributed by atoms with Gasteiger partial charge in [0.05, 0.1) is 5.54 Å². The summed E-state index contributed by atoms with van der Waals surface area (Å²) < 4.78 is 2.64. The van der Waals surface area contributed by atoms with Gasteiger partial charge in [-0.25, -0.2) is 0 Å². The molecule has 2 aromatic carbocycles. The van der Waals surface area contributed by atoms with Crippen molar-refractivity contribution in [3.63, 3.8) is 0 Å². The first kappa shape index (κ1) is 22.7. The minimum Gasteiger partial charge on any atom is -0.331 e. The molecule has 1 heterocycles. The first-order valence-corrected chi connectivity index (χ1v) is 12.2. The van der Waals surface area contributed by atoms with Crippen LogP contribution in [-0.4, -0.2) is 4.57 Å². The van der Waals surface area contributed by atoms with Crippen molar-refractivity contribution in [1.82, 2.24) is 4.57 Å². The number of aryl methyl sites for hydroxylation is 2. The molecular formula is C29H41N. The molecule has 0 N–H and O–H groups in total. The van der Waals surface area contributed by atoms with Gasteiger partial charge in [-0.2, -0.15) is 0 Å². The van der Waals surface area contributed by atoms with E-state index in [-0.39, 0.29) is 5.54 Å². The third-order valence-electron chi connectivity index (χ3n) is 7.04. The van der Waals surface area contributed by atoms with E-state index in [1.165, 1.54) is 83.5 Å². The zero-order chi connectivity index (χ0) is 21.7. The van der Waals surface area contributed by atoms with Crippen LogP contribution in [-0.2, 0) is 18.4 Å². The maximum absolute atomic E-state index is 2.64.